The molecule has 0 atom stereocenters. The predicted molar refractivity (Wildman–Crippen MR) is 87.5 cm³/mol. The first kappa shape index (κ1) is 15.9. The van der Waals surface area contributed by atoms with Gasteiger partial charge < -0.3 is 0 Å². The molecule has 1 N–H and O–H groups in total. The van der Waals surface area contributed by atoms with Gasteiger partial charge in [0.2, 0.25) is 10.0 Å². The van der Waals surface area contributed by atoms with Gasteiger partial charge in [-0.05, 0) is 24.5 Å². The molecule has 23 heavy (non-hydrogen) atoms. The molecule has 1 saturated carbocycles. The Bertz CT molecular complexity index is 827. The van der Waals surface area contributed by atoms with Crippen molar-refractivity contribution >= 4 is 10.0 Å². The van der Waals surface area contributed by atoms with Gasteiger partial charge in [-0.3, -0.25) is 4.79 Å². The van der Waals surface area contributed by atoms with Gasteiger partial charge in [0.1, 0.15) is 0 Å². The van der Waals surface area contributed by atoms with E-state index in [0.717, 1.165) is 24.1 Å². The number of hydrogen-bond donors (Lipinski definition) is 1. The van der Waals surface area contributed by atoms with Crippen molar-refractivity contribution < 1.29 is 8.42 Å². The smallest absolute Gasteiger partial charge is 0.266 e. The fourth-order valence-corrected chi connectivity index (χ4v) is 3.51. The molecule has 2 aromatic rings. The Morgan fingerprint density at radius 2 is 1.87 bits per heavy atom. The largest absolute Gasteiger partial charge is 0.268 e. The number of benzene rings is 1. The molecule has 3 rings (SSSR count). The molecule has 1 aliphatic rings. The highest BCUT2D eigenvalue weighted by Crippen LogP contribution is 2.38. The zero-order valence-electron chi connectivity index (χ0n) is 12.7. The molecule has 1 aromatic carbocycles. The number of hydrogen-bond acceptors (Lipinski definition) is 4. The molecule has 122 valence electrons. The standard InChI is InChI=1S/C16H19N3O3S/c20-16-9-8-15(14-6-7-14)18-19(16)11-10-17-23(21,22)12-13-4-2-1-3-5-13/h1-5,8-9,14,17H,6-7,10-12H2. The minimum atomic E-state index is -3.42. The number of aromatic nitrogens is 2. The van der Waals surface area contributed by atoms with E-state index in [9.17, 15) is 13.2 Å². The van der Waals surface area contributed by atoms with Crippen LogP contribution in [-0.2, 0) is 22.3 Å². The highest BCUT2D eigenvalue weighted by atomic mass is 32.2. The van der Waals surface area contributed by atoms with Crippen molar-refractivity contribution in [3.05, 3.63) is 64.1 Å². The van der Waals surface area contributed by atoms with Gasteiger partial charge in [-0.2, -0.15) is 5.10 Å². The average Bonchev–Trinajstić information content (AvgIpc) is 3.34. The summed E-state index contributed by atoms with van der Waals surface area (Å²) < 4.78 is 27.9. The van der Waals surface area contributed by atoms with Gasteiger partial charge in [0.25, 0.3) is 5.56 Å². The molecule has 7 heteroatoms. The van der Waals surface area contributed by atoms with Crippen LogP contribution in [0.4, 0.5) is 0 Å². The zero-order valence-corrected chi connectivity index (χ0v) is 13.5. The molecule has 0 bridgehead atoms. The lowest BCUT2D eigenvalue weighted by atomic mass is 10.2. The Balaban J connectivity index is 1.58. The van der Waals surface area contributed by atoms with Crippen molar-refractivity contribution in [3.63, 3.8) is 0 Å². The molecule has 0 radical (unpaired) electrons. The monoisotopic (exact) mass is 333 g/mol. The second-order valence-electron chi connectivity index (χ2n) is 5.73. The molecule has 1 aliphatic carbocycles. The molecule has 1 fully saturated rings. The van der Waals surface area contributed by atoms with E-state index in [-0.39, 0.29) is 24.4 Å². The number of sulfonamides is 1. The fraction of sp³-hybridized carbons (Fsp3) is 0.375. The third kappa shape index (κ3) is 4.49. The van der Waals surface area contributed by atoms with Crippen LogP contribution in [0.2, 0.25) is 0 Å². The Morgan fingerprint density at radius 3 is 2.57 bits per heavy atom. The highest BCUT2D eigenvalue weighted by Gasteiger charge is 2.25. The van der Waals surface area contributed by atoms with Crippen LogP contribution in [0, 0.1) is 0 Å². The van der Waals surface area contributed by atoms with E-state index in [1.807, 2.05) is 6.07 Å². The van der Waals surface area contributed by atoms with Crippen LogP contribution in [0.25, 0.3) is 0 Å². The molecule has 0 amide bonds. The van der Waals surface area contributed by atoms with Crippen LogP contribution in [0.15, 0.2) is 47.3 Å². The minimum Gasteiger partial charge on any atom is -0.268 e. The predicted octanol–water partition coefficient (Wildman–Crippen LogP) is 1.24. The van der Waals surface area contributed by atoms with Crippen LogP contribution < -0.4 is 10.3 Å². The molecule has 1 aromatic heterocycles. The fourth-order valence-electron chi connectivity index (χ4n) is 2.37. The summed E-state index contributed by atoms with van der Waals surface area (Å²) in [5, 5.41) is 4.31. The Morgan fingerprint density at radius 1 is 1.13 bits per heavy atom. The second kappa shape index (κ2) is 6.64. The summed E-state index contributed by atoms with van der Waals surface area (Å²) in [6.45, 7) is 0.379. The lowest BCUT2D eigenvalue weighted by Crippen LogP contribution is -2.32. The Hall–Kier alpha value is -1.99. The summed E-state index contributed by atoms with van der Waals surface area (Å²) in [7, 11) is -3.42. The van der Waals surface area contributed by atoms with E-state index < -0.39 is 10.0 Å². The van der Waals surface area contributed by atoms with E-state index in [4.69, 9.17) is 0 Å². The SMILES string of the molecule is O=c1ccc(C2CC2)nn1CCNS(=O)(=O)Cc1ccccc1. The normalized spacial score (nSPS) is 14.8. The van der Waals surface area contributed by atoms with Crippen LogP contribution in [0.5, 0.6) is 0 Å². The summed E-state index contributed by atoms with van der Waals surface area (Å²) in [5.41, 5.74) is 1.43. The maximum Gasteiger partial charge on any atom is 0.266 e. The Kier molecular flexibility index (Phi) is 4.58. The first-order chi connectivity index (χ1) is 11.0. The third-order valence-corrected chi connectivity index (χ3v) is 5.09. The summed E-state index contributed by atoms with van der Waals surface area (Å²) in [6.07, 6.45) is 2.21. The van der Waals surface area contributed by atoms with E-state index in [1.54, 1.807) is 30.3 Å². The molecule has 6 nitrogen and oxygen atoms in total. The summed E-state index contributed by atoms with van der Waals surface area (Å²) in [4.78, 5) is 11.8. The molecule has 0 aliphatic heterocycles. The van der Waals surface area contributed by atoms with E-state index in [2.05, 4.69) is 9.82 Å². The molecular formula is C16H19N3O3S. The Labute approximate surface area is 135 Å². The van der Waals surface area contributed by atoms with Crippen LogP contribution in [-0.4, -0.2) is 24.7 Å². The number of nitrogens with one attached hydrogen (secondary N) is 1. The molecule has 1 heterocycles. The summed E-state index contributed by atoms with van der Waals surface area (Å²) in [6, 6.07) is 12.2. The van der Waals surface area contributed by atoms with Gasteiger partial charge in [-0.1, -0.05) is 30.3 Å². The van der Waals surface area contributed by atoms with Gasteiger partial charge in [0.05, 0.1) is 18.0 Å². The van der Waals surface area contributed by atoms with Crippen molar-refractivity contribution in [2.75, 3.05) is 6.54 Å². The van der Waals surface area contributed by atoms with E-state index in [0.29, 0.717) is 5.92 Å². The maximum absolute atomic E-state index is 12.0. The summed E-state index contributed by atoms with van der Waals surface area (Å²) >= 11 is 0. The van der Waals surface area contributed by atoms with Crippen molar-refractivity contribution in [3.8, 4) is 0 Å². The first-order valence-corrected chi connectivity index (χ1v) is 9.28. The van der Waals surface area contributed by atoms with Crippen LogP contribution in [0.1, 0.15) is 30.0 Å². The van der Waals surface area contributed by atoms with Crippen LogP contribution >= 0.6 is 0 Å². The highest BCUT2D eigenvalue weighted by molar-refractivity contribution is 7.88. The van der Waals surface area contributed by atoms with E-state index >= 15 is 0 Å². The lowest BCUT2D eigenvalue weighted by Gasteiger charge is -2.09. The van der Waals surface area contributed by atoms with Gasteiger partial charge in [-0.25, -0.2) is 17.8 Å². The molecule has 0 spiro atoms. The van der Waals surface area contributed by atoms with Gasteiger partial charge in [0, 0.05) is 18.5 Å². The van der Waals surface area contributed by atoms with Crippen molar-refractivity contribution in [2.24, 2.45) is 0 Å². The first-order valence-electron chi connectivity index (χ1n) is 7.63. The number of rotatable bonds is 7. The van der Waals surface area contributed by atoms with Crippen molar-refractivity contribution in [2.45, 2.75) is 31.1 Å². The van der Waals surface area contributed by atoms with Crippen LogP contribution in [0.3, 0.4) is 0 Å². The average molecular weight is 333 g/mol. The topological polar surface area (TPSA) is 81.1 Å². The number of nitrogens with zero attached hydrogens (tertiary/aromatic N) is 2. The van der Waals surface area contributed by atoms with Gasteiger partial charge in [0.15, 0.2) is 0 Å². The van der Waals surface area contributed by atoms with Crippen molar-refractivity contribution in [1.29, 1.82) is 0 Å². The van der Waals surface area contributed by atoms with E-state index in [1.165, 1.54) is 10.7 Å². The second-order valence-corrected chi connectivity index (χ2v) is 7.54. The van der Waals surface area contributed by atoms with Crippen molar-refractivity contribution in [1.82, 2.24) is 14.5 Å². The zero-order chi connectivity index (χ0) is 16.3. The van der Waals surface area contributed by atoms with Gasteiger partial charge >= 0.3 is 0 Å². The minimum absolute atomic E-state index is 0.0711. The maximum atomic E-state index is 12.0. The molecular weight excluding hydrogens is 314 g/mol. The molecule has 0 unspecified atom stereocenters. The van der Waals surface area contributed by atoms with Gasteiger partial charge in [-0.15, -0.1) is 0 Å². The lowest BCUT2D eigenvalue weighted by molar-refractivity contribution is 0.540. The third-order valence-electron chi connectivity index (χ3n) is 3.73. The summed E-state index contributed by atoms with van der Waals surface area (Å²) in [5.74, 6) is 0.384. The quantitative estimate of drug-likeness (QED) is 0.826. The molecule has 0 saturated heterocycles.